The Morgan fingerprint density at radius 3 is 3.00 bits per heavy atom. The van der Waals surface area contributed by atoms with Crippen molar-refractivity contribution in [3.8, 4) is 0 Å². The molecule has 0 fully saturated rings. The number of carbonyl (C=O) groups is 1. The average molecular weight is 358 g/mol. The normalized spacial score (nSPS) is 10.9. The smallest absolute Gasteiger partial charge is 0.311 e. The van der Waals surface area contributed by atoms with Crippen molar-refractivity contribution in [3.05, 3.63) is 44.9 Å². The molecule has 0 aliphatic rings. The number of esters is 1. The van der Waals surface area contributed by atoms with Crippen LogP contribution in [-0.2, 0) is 16.0 Å². The number of nitrogens with zero attached hydrogens (tertiary/aromatic N) is 2. The number of ether oxygens (including phenoxy) is 1. The van der Waals surface area contributed by atoms with Gasteiger partial charge in [0.05, 0.1) is 35.0 Å². The fourth-order valence-corrected chi connectivity index (χ4v) is 2.52. The molecule has 0 saturated heterocycles. The van der Waals surface area contributed by atoms with Gasteiger partial charge < -0.3 is 4.74 Å². The average Bonchev–Trinajstić information content (AvgIpc) is 2.90. The van der Waals surface area contributed by atoms with E-state index in [-0.39, 0.29) is 12.4 Å². The molecule has 0 unspecified atom stereocenters. The van der Waals surface area contributed by atoms with Gasteiger partial charge in [-0.3, -0.25) is 10.2 Å². The number of aromatic nitrogens is 1. The van der Waals surface area contributed by atoms with Crippen LogP contribution in [0.4, 0.5) is 5.13 Å². The molecule has 5 nitrogen and oxygen atoms in total. The molecule has 1 aromatic carbocycles. The molecule has 0 atom stereocenters. The van der Waals surface area contributed by atoms with E-state index in [1.807, 2.05) is 0 Å². The van der Waals surface area contributed by atoms with Gasteiger partial charge in [0.25, 0.3) is 0 Å². The van der Waals surface area contributed by atoms with E-state index in [0.29, 0.717) is 27.5 Å². The lowest BCUT2D eigenvalue weighted by Crippen LogP contribution is -2.07. The van der Waals surface area contributed by atoms with E-state index >= 15 is 0 Å². The second kappa shape index (κ2) is 8.12. The fourth-order valence-electron chi connectivity index (χ4n) is 1.55. The summed E-state index contributed by atoms with van der Waals surface area (Å²) in [6.07, 6.45) is 1.76. The first-order valence-electron chi connectivity index (χ1n) is 6.42. The monoisotopic (exact) mass is 357 g/mol. The summed E-state index contributed by atoms with van der Waals surface area (Å²) in [5.74, 6) is -0.293. The minimum absolute atomic E-state index is 0.155. The largest absolute Gasteiger partial charge is 0.466 e. The van der Waals surface area contributed by atoms with Gasteiger partial charge in [-0.1, -0.05) is 29.3 Å². The SMILES string of the molecule is CCOC(=O)Cc1csc(N/N=C\c2ccc(Cl)c(Cl)c2)n1. The van der Waals surface area contributed by atoms with Gasteiger partial charge in [0.2, 0.25) is 5.13 Å². The Balaban J connectivity index is 1.91. The third kappa shape index (κ3) is 4.98. The zero-order valence-electron chi connectivity index (χ0n) is 11.7. The quantitative estimate of drug-likeness (QED) is 0.482. The first-order valence-corrected chi connectivity index (χ1v) is 8.06. The molecule has 1 aromatic heterocycles. The summed E-state index contributed by atoms with van der Waals surface area (Å²) < 4.78 is 4.87. The van der Waals surface area contributed by atoms with Gasteiger partial charge in [-0.2, -0.15) is 5.10 Å². The van der Waals surface area contributed by atoms with E-state index in [1.165, 1.54) is 11.3 Å². The second-order valence-corrected chi connectivity index (χ2v) is 5.84. The number of hydrazone groups is 1. The lowest BCUT2D eigenvalue weighted by Gasteiger charge is -1.98. The molecular formula is C14H13Cl2N3O2S. The fraction of sp³-hybridized carbons (Fsp3) is 0.214. The first-order chi connectivity index (χ1) is 10.6. The second-order valence-electron chi connectivity index (χ2n) is 4.17. The number of anilines is 1. The van der Waals surface area contributed by atoms with E-state index in [0.717, 1.165) is 5.56 Å². The predicted octanol–water partition coefficient (Wildman–Crippen LogP) is 4.00. The number of thiazole rings is 1. The highest BCUT2D eigenvalue weighted by Crippen LogP contribution is 2.22. The van der Waals surface area contributed by atoms with Gasteiger partial charge in [0.1, 0.15) is 0 Å². The highest BCUT2D eigenvalue weighted by atomic mass is 35.5. The van der Waals surface area contributed by atoms with Gasteiger partial charge >= 0.3 is 5.97 Å². The maximum atomic E-state index is 11.3. The molecule has 22 heavy (non-hydrogen) atoms. The molecule has 0 amide bonds. The summed E-state index contributed by atoms with van der Waals surface area (Å²) in [6.45, 7) is 2.13. The zero-order chi connectivity index (χ0) is 15.9. The van der Waals surface area contributed by atoms with Crippen LogP contribution in [0.3, 0.4) is 0 Å². The van der Waals surface area contributed by atoms with Gasteiger partial charge in [-0.05, 0) is 24.6 Å². The number of halogens is 2. The number of nitrogens with one attached hydrogen (secondary N) is 1. The summed E-state index contributed by atoms with van der Waals surface area (Å²) in [6, 6.07) is 5.21. The number of rotatable bonds is 6. The van der Waals surface area contributed by atoms with Gasteiger partial charge in [0.15, 0.2) is 0 Å². The molecule has 0 radical (unpaired) electrons. The summed E-state index contributed by atoms with van der Waals surface area (Å²) in [5.41, 5.74) is 4.26. The minimum atomic E-state index is -0.293. The van der Waals surface area contributed by atoms with Crippen LogP contribution < -0.4 is 5.43 Å². The molecule has 116 valence electrons. The molecule has 0 aliphatic heterocycles. The maximum Gasteiger partial charge on any atom is 0.311 e. The number of carbonyl (C=O) groups excluding carboxylic acids is 1. The van der Waals surface area contributed by atoms with Crippen molar-refractivity contribution in [1.82, 2.24) is 4.98 Å². The lowest BCUT2D eigenvalue weighted by molar-refractivity contribution is -0.142. The van der Waals surface area contributed by atoms with Crippen molar-refractivity contribution in [2.24, 2.45) is 5.10 Å². The third-order valence-corrected chi connectivity index (χ3v) is 4.03. The lowest BCUT2D eigenvalue weighted by atomic mass is 10.2. The molecule has 8 heteroatoms. The van der Waals surface area contributed by atoms with E-state index in [9.17, 15) is 4.79 Å². The van der Waals surface area contributed by atoms with Crippen molar-refractivity contribution >= 4 is 51.9 Å². The van der Waals surface area contributed by atoms with Crippen molar-refractivity contribution in [3.63, 3.8) is 0 Å². The van der Waals surface area contributed by atoms with Crippen LogP contribution in [0.5, 0.6) is 0 Å². The predicted molar refractivity (Wildman–Crippen MR) is 90.1 cm³/mol. The molecular weight excluding hydrogens is 345 g/mol. The van der Waals surface area contributed by atoms with Crippen LogP contribution in [0, 0.1) is 0 Å². The molecule has 0 saturated carbocycles. The van der Waals surface area contributed by atoms with E-state index in [2.05, 4.69) is 15.5 Å². The molecule has 2 aromatic rings. The molecule has 0 bridgehead atoms. The molecule has 1 heterocycles. The Kier molecular flexibility index (Phi) is 6.18. The van der Waals surface area contributed by atoms with E-state index < -0.39 is 0 Å². The van der Waals surface area contributed by atoms with Crippen molar-refractivity contribution in [2.45, 2.75) is 13.3 Å². The van der Waals surface area contributed by atoms with Crippen LogP contribution in [0.2, 0.25) is 10.0 Å². The third-order valence-electron chi connectivity index (χ3n) is 2.50. The Bertz CT molecular complexity index is 688. The topological polar surface area (TPSA) is 63.6 Å². The van der Waals surface area contributed by atoms with Gasteiger partial charge in [-0.15, -0.1) is 11.3 Å². The summed E-state index contributed by atoms with van der Waals surface area (Å²) in [4.78, 5) is 15.6. The number of hydrogen-bond acceptors (Lipinski definition) is 6. The summed E-state index contributed by atoms with van der Waals surface area (Å²) >= 11 is 13.1. The van der Waals surface area contributed by atoms with Crippen molar-refractivity contribution < 1.29 is 9.53 Å². The first kappa shape index (κ1) is 16.7. The summed E-state index contributed by atoms with van der Waals surface area (Å²) in [5, 5.41) is 7.41. The van der Waals surface area contributed by atoms with Crippen LogP contribution in [-0.4, -0.2) is 23.8 Å². The molecule has 0 aliphatic carbocycles. The van der Waals surface area contributed by atoms with E-state index in [4.69, 9.17) is 27.9 Å². The van der Waals surface area contributed by atoms with Crippen molar-refractivity contribution in [2.75, 3.05) is 12.0 Å². The highest BCUT2D eigenvalue weighted by Gasteiger charge is 2.07. The minimum Gasteiger partial charge on any atom is -0.466 e. The maximum absolute atomic E-state index is 11.3. The Hall–Kier alpha value is -1.63. The van der Waals surface area contributed by atoms with Crippen LogP contribution >= 0.6 is 34.5 Å². The van der Waals surface area contributed by atoms with Gasteiger partial charge in [0, 0.05) is 5.38 Å². The number of hydrogen-bond donors (Lipinski definition) is 1. The Labute approximate surface area is 141 Å². The van der Waals surface area contributed by atoms with Crippen LogP contribution in [0.1, 0.15) is 18.2 Å². The summed E-state index contributed by atoms with van der Waals surface area (Å²) in [7, 11) is 0. The standard InChI is InChI=1S/C14H13Cl2N3O2S/c1-2-21-13(20)6-10-8-22-14(18-10)19-17-7-9-3-4-11(15)12(16)5-9/h3-5,7-8H,2,6H2,1H3,(H,18,19)/b17-7-. The molecule has 0 spiro atoms. The molecule has 2 rings (SSSR count). The van der Waals surface area contributed by atoms with Crippen molar-refractivity contribution in [1.29, 1.82) is 0 Å². The Morgan fingerprint density at radius 1 is 1.45 bits per heavy atom. The molecule has 1 N–H and O–H groups in total. The van der Waals surface area contributed by atoms with Crippen LogP contribution in [0.15, 0.2) is 28.7 Å². The zero-order valence-corrected chi connectivity index (χ0v) is 14.0. The van der Waals surface area contributed by atoms with Crippen LogP contribution in [0.25, 0.3) is 0 Å². The Morgan fingerprint density at radius 2 is 2.27 bits per heavy atom. The number of benzene rings is 1. The van der Waals surface area contributed by atoms with E-state index in [1.54, 1.807) is 36.7 Å². The highest BCUT2D eigenvalue weighted by molar-refractivity contribution is 7.13. The van der Waals surface area contributed by atoms with Gasteiger partial charge in [-0.25, -0.2) is 4.98 Å².